The highest BCUT2D eigenvalue weighted by Crippen LogP contribution is 2.38. The van der Waals surface area contributed by atoms with Gasteiger partial charge in [-0.1, -0.05) is 36.2 Å². The lowest BCUT2D eigenvalue weighted by Gasteiger charge is -2.25. The number of fused-ring (bicyclic) bond motifs is 2. The molecular formula is C33H33ClFN5O3. The second-order valence-electron chi connectivity index (χ2n) is 10.7. The maximum atomic E-state index is 13.5. The van der Waals surface area contributed by atoms with E-state index in [1.54, 1.807) is 35.2 Å². The fraction of sp³-hybridized carbons (Fsp3) is 0.303. The minimum Gasteiger partial charge on any atom is -0.491 e. The van der Waals surface area contributed by atoms with Gasteiger partial charge in [0.05, 0.1) is 22.8 Å². The molecule has 2 aliphatic heterocycles. The number of benzene rings is 3. The van der Waals surface area contributed by atoms with Crippen LogP contribution in [0.25, 0.3) is 10.9 Å². The minimum atomic E-state index is -0.316. The Balaban J connectivity index is 1.21. The number of piperidine rings is 1. The molecule has 2 aliphatic rings. The highest BCUT2D eigenvalue weighted by molar-refractivity contribution is 6.32. The van der Waals surface area contributed by atoms with Crippen molar-refractivity contribution in [1.82, 2.24) is 14.9 Å². The summed E-state index contributed by atoms with van der Waals surface area (Å²) in [6.45, 7) is 4.19. The first-order valence-corrected chi connectivity index (χ1v) is 15.0. The fourth-order valence-corrected chi connectivity index (χ4v) is 5.64. The molecular weight excluding hydrogens is 569 g/mol. The molecule has 222 valence electrons. The topological polar surface area (TPSA) is 79.8 Å². The predicted molar refractivity (Wildman–Crippen MR) is 167 cm³/mol. The second kappa shape index (κ2) is 13.4. The van der Waals surface area contributed by atoms with Crippen LogP contribution in [0.4, 0.5) is 21.6 Å². The molecule has 0 spiro atoms. The number of carbonyl (C=O) groups excluding carboxylic acids is 1. The van der Waals surface area contributed by atoms with Crippen LogP contribution in [0.2, 0.25) is 5.02 Å². The number of ether oxygens (including phenoxy) is 2. The Hall–Kier alpha value is -4.21. The third-order valence-corrected chi connectivity index (χ3v) is 7.90. The van der Waals surface area contributed by atoms with E-state index in [1.807, 2.05) is 24.3 Å². The highest BCUT2D eigenvalue weighted by Gasteiger charge is 2.23. The quantitative estimate of drug-likeness (QED) is 0.220. The Kier molecular flexibility index (Phi) is 9.00. The lowest BCUT2D eigenvalue weighted by molar-refractivity contribution is -0.114. The molecule has 0 atom stereocenters. The number of hydrogen-bond donors (Lipinski definition) is 1. The van der Waals surface area contributed by atoms with E-state index in [-0.39, 0.29) is 18.3 Å². The van der Waals surface area contributed by atoms with E-state index in [0.717, 1.165) is 31.4 Å². The largest absolute Gasteiger partial charge is 0.491 e. The Morgan fingerprint density at radius 3 is 2.77 bits per heavy atom. The van der Waals surface area contributed by atoms with Gasteiger partial charge in [0.25, 0.3) is 5.91 Å². The Morgan fingerprint density at radius 1 is 1.05 bits per heavy atom. The molecule has 1 fully saturated rings. The zero-order chi connectivity index (χ0) is 29.6. The van der Waals surface area contributed by atoms with Crippen molar-refractivity contribution in [3.63, 3.8) is 0 Å². The van der Waals surface area contributed by atoms with Gasteiger partial charge in [-0.05, 0) is 74.3 Å². The number of carbonyl (C=O) groups is 1. The first-order chi connectivity index (χ1) is 21.0. The summed E-state index contributed by atoms with van der Waals surface area (Å²) in [7, 11) is 0. The summed E-state index contributed by atoms with van der Waals surface area (Å²) in [5.74, 6) is 1.28. The Labute approximate surface area is 255 Å². The van der Waals surface area contributed by atoms with E-state index >= 15 is 0 Å². The van der Waals surface area contributed by atoms with Gasteiger partial charge in [0.1, 0.15) is 36.1 Å². The van der Waals surface area contributed by atoms with Crippen molar-refractivity contribution in [2.75, 3.05) is 43.0 Å². The molecule has 0 aliphatic carbocycles. The molecule has 0 saturated carbocycles. The van der Waals surface area contributed by atoms with Crippen molar-refractivity contribution in [3.8, 4) is 11.5 Å². The van der Waals surface area contributed by atoms with Crippen LogP contribution in [0.15, 0.2) is 73.1 Å². The van der Waals surface area contributed by atoms with E-state index in [2.05, 4.69) is 20.2 Å². The number of nitrogens with zero attached hydrogens (tertiary/aromatic N) is 4. The van der Waals surface area contributed by atoms with Gasteiger partial charge in [0, 0.05) is 36.3 Å². The standard InChI is InChI=1S/C33H33ClFN5O3/c34-27-18-25(10-11-30(27)43-21-23-7-4-8-24(35)17-23)38-33-26-19-29-31(20-28(26)36-22-37-33)42-16-6-15-40(29)32(41)9-5-14-39-12-2-1-3-13-39/h4-5,7-11,17-20,22H,1-3,6,12-16,21H2,(H,36,37,38). The molecule has 0 radical (unpaired) electrons. The maximum Gasteiger partial charge on any atom is 0.250 e. The van der Waals surface area contributed by atoms with Crippen molar-refractivity contribution in [1.29, 1.82) is 0 Å². The van der Waals surface area contributed by atoms with E-state index < -0.39 is 0 Å². The number of nitrogens with one attached hydrogen (secondary N) is 1. The van der Waals surface area contributed by atoms with Gasteiger partial charge in [0.15, 0.2) is 0 Å². The molecule has 1 amide bonds. The van der Waals surface area contributed by atoms with Crippen LogP contribution in [0, 0.1) is 5.82 Å². The average molecular weight is 602 g/mol. The first kappa shape index (κ1) is 28.9. The summed E-state index contributed by atoms with van der Waals surface area (Å²) in [5.41, 5.74) is 2.78. The monoisotopic (exact) mass is 601 g/mol. The third-order valence-electron chi connectivity index (χ3n) is 7.61. The Bertz CT molecular complexity index is 1640. The molecule has 1 saturated heterocycles. The van der Waals surface area contributed by atoms with Crippen LogP contribution < -0.4 is 19.7 Å². The lowest BCUT2D eigenvalue weighted by Crippen LogP contribution is -2.31. The van der Waals surface area contributed by atoms with Crippen molar-refractivity contribution in [2.45, 2.75) is 32.3 Å². The van der Waals surface area contributed by atoms with Crippen LogP contribution in [0.5, 0.6) is 11.5 Å². The van der Waals surface area contributed by atoms with Gasteiger partial charge in [-0.3, -0.25) is 9.69 Å². The molecule has 0 bridgehead atoms. The van der Waals surface area contributed by atoms with Gasteiger partial charge in [-0.25, -0.2) is 14.4 Å². The smallest absolute Gasteiger partial charge is 0.250 e. The lowest BCUT2D eigenvalue weighted by atomic mass is 10.1. The van der Waals surface area contributed by atoms with Gasteiger partial charge in [0.2, 0.25) is 0 Å². The number of anilines is 3. The molecule has 8 nitrogen and oxygen atoms in total. The van der Waals surface area contributed by atoms with Gasteiger partial charge in [-0.2, -0.15) is 0 Å². The van der Waals surface area contributed by atoms with Crippen LogP contribution >= 0.6 is 11.6 Å². The van der Waals surface area contributed by atoms with Gasteiger partial charge < -0.3 is 19.7 Å². The van der Waals surface area contributed by atoms with E-state index in [1.165, 1.54) is 37.7 Å². The number of likely N-dealkylation sites (tertiary alicyclic amines) is 1. The predicted octanol–water partition coefficient (Wildman–Crippen LogP) is 6.90. The number of aromatic nitrogens is 2. The summed E-state index contributed by atoms with van der Waals surface area (Å²) in [4.78, 5) is 26.5. The van der Waals surface area contributed by atoms with Crippen molar-refractivity contribution >= 4 is 45.6 Å². The third kappa shape index (κ3) is 7.06. The molecule has 1 N–H and O–H groups in total. The normalized spacial score (nSPS) is 15.6. The molecule has 6 rings (SSSR count). The summed E-state index contributed by atoms with van der Waals surface area (Å²) < 4.78 is 25.3. The maximum absolute atomic E-state index is 13.5. The summed E-state index contributed by atoms with van der Waals surface area (Å²) >= 11 is 6.53. The summed E-state index contributed by atoms with van der Waals surface area (Å²) in [5, 5.41) is 4.47. The summed E-state index contributed by atoms with van der Waals surface area (Å²) in [6, 6.07) is 15.3. The van der Waals surface area contributed by atoms with Crippen LogP contribution in [0.1, 0.15) is 31.2 Å². The fourth-order valence-electron chi connectivity index (χ4n) is 5.41. The Morgan fingerprint density at radius 2 is 1.93 bits per heavy atom. The van der Waals surface area contributed by atoms with Gasteiger partial charge in [-0.15, -0.1) is 0 Å². The summed E-state index contributed by atoms with van der Waals surface area (Å²) in [6.07, 6.45) is 9.55. The van der Waals surface area contributed by atoms with E-state index in [9.17, 15) is 9.18 Å². The molecule has 4 aromatic rings. The number of halogens is 2. The van der Waals surface area contributed by atoms with Crippen molar-refractivity contribution in [2.24, 2.45) is 0 Å². The van der Waals surface area contributed by atoms with Gasteiger partial charge >= 0.3 is 0 Å². The van der Waals surface area contributed by atoms with Crippen molar-refractivity contribution < 1.29 is 18.7 Å². The van der Waals surface area contributed by atoms with Crippen molar-refractivity contribution in [3.05, 3.63) is 89.5 Å². The van der Waals surface area contributed by atoms with E-state index in [4.69, 9.17) is 21.1 Å². The number of amides is 1. The number of rotatable bonds is 8. The average Bonchev–Trinajstić information content (AvgIpc) is 3.22. The molecule has 1 aromatic heterocycles. The van der Waals surface area contributed by atoms with Crippen LogP contribution in [-0.4, -0.2) is 53.6 Å². The molecule has 0 unspecified atom stereocenters. The first-order valence-electron chi connectivity index (χ1n) is 14.6. The zero-order valence-corrected chi connectivity index (χ0v) is 24.5. The number of hydrogen-bond acceptors (Lipinski definition) is 7. The molecule has 3 heterocycles. The SMILES string of the molecule is O=C(C=CCN1CCCCC1)N1CCCOc2cc3ncnc(Nc4ccc(OCc5cccc(F)c5)c(Cl)c4)c3cc21. The van der Waals surface area contributed by atoms with Crippen LogP contribution in [-0.2, 0) is 11.4 Å². The minimum absolute atomic E-state index is 0.0740. The molecule has 3 aromatic carbocycles. The highest BCUT2D eigenvalue weighted by atomic mass is 35.5. The van der Waals surface area contributed by atoms with E-state index in [0.29, 0.717) is 57.9 Å². The molecule has 10 heteroatoms. The zero-order valence-electron chi connectivity index (χ0n) is 23.8. The molecule has 43 heavy (non-hydrogen) atoms. The van der Waals surface area contributed by atoms with Crippen LogP contribution in [0.3, 0.4) is 0 Å². The second-order valence-corrected chi connectivity index (χ2v) is 11.1.